The van der Waals surface area contributed by atoms with Crippen molar-refractivity contribution in [1.29, 1.82) is 5.26 Å². The van der Waals surface area contributed by atoms with Crippen LogP contribution in [0.3, 0.4) is 0 Å². The first-order chi connectivity index (χ1) is 15.4. The van der Waals surface area contributed by atoms with E-state index in [0.29, 0.717) is 30.6 Å². The summed E-state index contributed by atoms with van der Waals surface area (Å²) in [5, 5.41) is 24.5. The molecule has 1 heterocycles. The Morgan fingerprint density at radius 1 is 1.12 bits per heavy atom. The fourth-order valence-electron chi connectivity index (χ4n) is 3.30. The molecule has 0 aliphatic heterocycles. The van der Waals surface area contributed by atoms with Gasteiger partial charge in [0.1, 0.15) is 11.9 Å². The van der Waals surface area contributed by atoms with Gasteiger partial charge in [-0.25, -0.2) is 8.78 Å². The fourth-order valence-corrected chi connectivity index (χ4v) is 4.53. The van der Waals surface area contributed by atoms with E-state index in [1.54, 1.807) is 12.1 Å². The number of hydrogen-bond acceptors (Lipinski definition) is 5. The number of nitrogens with one attached hydrogen (secondary N) is 2. The van der Waals surface area contributed by atoms with Gasteiger partial charge in [0, 0.05) is 34.3 Å². The molecule has 0 saturated heterocycles. The number of phenols is 1. The second-order valence-electron chi connectivity index (χ2n) is 7.39. The Hall–Kier alpha value is -3.28. The van der Waals surface area contributed by atoms with Crippen LogP contribution in [0.4, 0.5) is 8.78 Å². The summed E-state index contributed by atoms with van der Waals surface area (Å²) >= 11 is 1.48. The van der Waals surface area contributed by atoms with Gasteiger partial charge in [-0.2, -0.15) is 5.26 Å². The van der Waals surface area contributed by atoms with Crippen molar-refractivity contribution >= 4 is 17.7 Å². The van der Waals surface area contributed by atoms with E-state index >= 15 is 0 Å². The average molecular weight is 456 g/mol. The van der Waals surface area contributed by atoms with Gasteiger partial charge in [0.2, 0.25) is 6.41 Å². The highest BCUT2D eigenvalue weighted by Crippen LogP contribution is 2.42. The molecule has 3 rings (SSSR count). The highest BCUT2D eigenvalue weighted by atomic mass is 32.1. The molecule has 5 nitrogen and oxygen atoms in total. The van der Waals surface area contributed by atoms with Crippen molar-refractivity contribution in [2.75, 3.05) is 19.6 Å². The van der Waals surface area contributed by atoms with Crippen LogP contribution in [-0.2, 0) is 4.79 Å². The fraction of sp³-hybridized carbons (Fsp3) is 0.250. The first kappa shape index (κ1) is 23.4. The molecule has 0 spiro atoms. The van der Waals surface area contributed by atoms with Crippen molar-refractivity contribution in [3.05, 3.63) is 64.5 Å². The van der Waals surface area contributed by atoms with E-state index in [2.05, 4.69) is 17.6 Å². The first-order valence-corrected chi connectivity index (χ1v) is 11.0. The first-order valence-electron chi connectivity index (χ1n) is 10.1. The molecule has 0 aliphatic rings. The van der Waals surface area contributed by atoms with E-state index in [4.69, 9.17) is 5.26 Å². The van der Waals surface area contributed by atoms with E-state index in [9.17, 15) is 18.7 Å². The van der Waals surface area contributed by atoms with Crippen molar-refractivity contribution < 1.29 is 18.7 Å². The number of benzene rings is 2. The molecule has 166 valence electrons. The maximum atomic E-state index is 14.3. The number of thiophene rings is 1. The summed E-state index contributed by atoms with van der Waals surface area (Å²) in [5.41, 5.74) is 1.87. The molecule has 0 fully saturated rings. The number of hydrogen-bond donors (Lipinski definition) is 3. The summed E-state index contributed by atoms with van der Waals surface area (Å²) in [5.74, 6) is -1.64. The average Bonchev–Trinajstić information content (AvgIpc) is 3.23. The van der Waals surface area contributed by atoms with Crippen LogP contribution in [0.25, 0.3) is 21.6 Å². The maximum Gasteiger partial charge on any atom is 0.207 e. The van der Waals surface area contributed by atoms with Crippen LogP contribution in [0.1, 0.15) is 29.7 Å². The normalized spacial score (nSPS) is 11.7. The predicted octanol–water partition coefficient (Wildman–Crippen LogP) is 4.77. The minimum Gasteiger partial charge on any atom is -0.505 e. The van der Waals surface area contributed by atoms with Crippen LogP contribution in [-0.4, -0.2) is 31.2 Å². The monoisotopic (exact) mass is 455 g/mol. The van der Waals surface area contributed by atoms with E-state index in [0.717, 1.165) is 28.3 Å². The molecule has 1 atom stereocenters. The number of nitrogens with zero attached hydrogens (tertiary/aromatic N) is 1. The molecule has 0 aliphatic carbocycles. The van der Waals surface area contributed by atoms with E-state index in [1.807, 2.05) is 12.1 Å². The SMILES string of the molecule is CC(CNCCCNC=O)c1cc(-c2ccc(C#N)c(F)c2)c(-c2ccc(O)c(F)c2)s1. The molecular formula is C24H23F2N3O2S. The van der Waals surface area contributed by atoms with Crippen LogP contribution in [0.2, 0.25) is 0 Å². The summed E-state index contributed by atoms with van der Waals surface area (Å²) in [6.45, 7) is 4.12. The lowest BCUT2D eigenvalue weighted by molar-refractivity contribution is -0.109. The van der Waals surface area contributed by atoms with Gasteiger partial charge in [-0.3, -0.25) is 4.79 Å². The Kier molecular flexibility index (Phi) is 7.92. The van der Waals surface area contributed by atoms with E-state index in [1.165, 1.54) is 35.6 Å². The number of carbonyl (C=O) groups excluding carboxylic acids is 1. The van der Waals surface area contributed by atoms with Gasteiger partial charge in [-0.1, -0.05) is 13.0 Å². The lowest BCUT2D eigenvalue weighted by Crippen LogP contribution is -2.24. The molecule has 0 saturated carbocycles. The molecule has 2 aromatic carbocycles. The summed E-state index contributed by atoms with van der Waals surface area (Å²) in [4.78, 5) is 12.1. The van der Waals surface area contributed by atoms with Gasteiger partial charge in [0.05, 0.1) is 5.56 Å². The second-order valence-corrected chi connectivity index (χ2v) is 8.48. The number of nitriles is 1. The molecule has 0 radical (unpaired) electrons. The third-order valence-corrected chi connectivity index (χ3v) is 6.47. The Morgan fingerprint density at radius 3 is 2.56 bits per heavy atom. The molecule has 1 aromatic heterocycles. The Labute approximate surface area is 189 Å². The van der Waals surface area contributed by atoms with Crippen molar-refractivity contribution in [3.63, 3.8) is 0 Å². The quantitative estimate of drug-likeness (QED) is 0.304. The van der Waals surface area contributed by atoms with E-state index in [-0.39, 0.29) is 11.5 Å². The van der Waals surface area contributed by atoms with Crippen LogP contribution in [0.5, 0.6) is 5.75 Å². The standard InChI is InChI=1S/C24H23F2N3O2S/c1-15(13-28-7-2-8-29-14-30)23-11-19(16-3-4-18(12-27)20(25)9-16)24(32-23)17-5-6-22(31)21(26)10-17/h3-6,9-11,14-15,28,31H,2,7-8,13H2,1H3,(H,29,30). The van der Waals surface area contributed by atoms with Crippen molar-refractivity contribution in [2.45, 2.75) is 19.3 Å². The van der Waals surface area contributed by atoms with Gasteiger partial charge >= 0.3 is 0 Å². The Bertz CT molecular complexity index is 1140. The van der Waals surface area contributed by atoms with Gasteiger partial charge in [-0.05, 0) is 60.5 Å². The van der Waals surface area contributed by atoms with Crippen molar-refractivity contribution in [2.24, 2.45) is 0 Å². The van der Waals surface area contributed by atoms with E-state index < -0.39 is 17.4 Å². The lowest BCUT2D eigenvalue weighted by atomic mass is 9.99. The molecule has 32 heavy (non-hydrogen) atoms. The third kappa shape index (κ3) is 5.49. The number of rotatable bonds is 10. The summed E-state index contributed by atoms with van der Waals surface area (Å²) in [6.07, 6.45) is 1.49. The number of carbonyl (C=O) groups is 1. The largest absolute Gasteiger partial charge is 0.505 e. The third-order valence-electron chi connectivity index (χ3n) is 5.06. The zero-order chi connectivity index (χ0) is 23.1. The number of aromatic hydroxyl groups is 1. The molecule has 0 bridgehead atoms. The Morgan fingerprint density at radius 2 is 1.88 bits per heavy atom. The van der Waals surface area contributed by atoms with Gasteiger partial charge in [-0.15, -0.1) is 11.3 Å². The molecular weight excluding hydrogens is 432 g/mol. The number of halogens is 2. The topological polar surface area (TPSA) is 85.1 Å². The van der Waals surface area contributed by atoms with Crippen LogP contribution >= 0.6 is 11.3 Å². The highest BCUT2D eigenvalue weighted by Gasteiger charge is 2.18. The molecule has 1 unspecified atom stereocenters. The highest BCUT2D eigenvalue weighted by molar-refractivity contribution is 7.16. The van der Waals surface area contributed by atoms with Crippen LogP contribution in [0, 0.1) is 23.0 Å². The minimum absolute atomic E-state index is 0.0388. The summed E-state index contributed by atoms with van der Waals surface area (Å²) in [7, 11) is 0. The zero-order valence-corrected chi connectivity index (χ0v) is 18.3. The Balaban J connectivity index is 1.91. The van der Waals surface area contributed by atoms with Crippen LogP contribution in [0.15, 0.2) is 42.5 Å². The summed E-state index contributed by atoms with van der Waals surface area (Å²) in [6, 6.07) is 12.4. The second kappa shape index (κ2) is 10.8. The molecule has 1 amide bonds. The maximum absolute atomic E-state index is 14.3. The lowest BCUT2D eigenvalue weighted by Gasteiger charge is -2.10. The van der Waals surface area contributed by atoms with Crippen molar-refractivity contribution in [1.82, 2.24) is 10.6 Å². The minimum atomic E-state index is -0.729. The van der Waals surface area contributed by atoms with Crippen LogP contribution < -0.4 is 10.6 Å². The summed E-state index contributed by atoms with van der Waals surface area (Å²) < 4.78 is 28.3. The smallest absolute Gasteiger partial charge is 0.207 e. The predicted molar refractivity (Wildman–Crippen MR) is 121 cm³/mol. The zero-order valence-electron chi connectivity index (χ0n) is 17.5. The number of phenolic OH excluding ortho intramolecular Hbond substituents is 1. The van der Waals surface area contributed by atoms with Gasteiger partial charge in [0.15, 0.2) is 11.6 Å². The molecule has 3 aromatic rings. The molecule has 8 heteroatoms. The van der Waals surface area contributed by atoms with Gasteiger partial charge in [0.25, 0.3) is 0 Å². The van der Waals surface area contributed by atoms with Gasteiger partial charge < -0.3 is 15.7 Å². The van der Waals surface area contributed by atoms with Crippen molar-refractivity contribution in [3.8, 4) is 33.4 Å². The molecule has 3 N–H and O–H groups in total. The number of amides is 1.